The van der Waals surface area contributed by atoms with Crippen LogP contribution in [0, 0.1) is 13.8 Å². The molecular weight excluding hydrogens is 248 g/mol. The third kappa shape index (κ3) is 2.57. The van der Waals surface area contributed by atoms with Gasteiger partial charge in [0.1, 0.15) is 0 Å². The Morgan fingerprint density at radius 3 is 2.67 bits per heavy atom. The quantitative estimate of drug-likeness (QED) is 0.905. The maximum Gasteiger partial charge on any atom is 0.251 e. The number of hydrogen-bond donors (Lipinski definition) is 1. The van der Waals surface area contributed by atoms with Crippen LogP contribution in [0.3, 0.4) is 0 Å². The standard InChI is InChI=1S/C14H15ClN2O/c1-9-3-4-11(12(15)5-9)7-17-8-13(16)10(2)6-14(17)18/h3-6,8H,7,16H2,1-2H3. The third-order valence-electron chi connectivity index (χ3n) is 2.92. The van der Waals surface area contributed by atoms with E-state index in [0.717, 1.165) is 16.7 Å². The molecule has 0 aliphatic rings. The Bertz CT molecular complexity index is 647. The van der Waals surface area contributed by atoms with Crippen molar-refractivity contribution in [2.45, 2.75) is 20.4 Å². The van der Waals surface area contributed by atoms with Crippen molar-refractivity contribution in [2.24, 2.45) is 0 Å². The number of aryl methyl sites for hydroxylation is 2. The Balaban J connectivity index is 2.40. The highest BCUT2D eigenvalue weighted by Crippen LogP contribution is 2.18. The smallest absolute Gasteiger partial charge is 0.251 e. The van der Waals surface area contributed by atoms with Gasteiger partial charge in [0.25, 0.3) is 5.56 Å². The molecule has 18 heavy (non-hydrogen) atoms. The Labute approximate surface area is 111 Å². The lowest BCUT2D eigenvalue weighted by Gasteiger charge is -2.10. The second-order valence-electron chi connectivity index (χ2n) is 4.47. The molecule has 3 nitrogen and oxygen atoms in total. The van der Waals surface area contributed by atoms with Crippen LogP contribution in [0.25, 0.3) is 0 Å². The van der Waals surface area contributed by atoms with E-state index in [4.69, 9.17) is 17.3 Å². The molecule has 1 aromatic carbocycles. The zero-order valence-corrected chi connectivity index (χ0v) is 11.2. The van der Waals surface area contributed by atoms with Crippen molar-refractivity contribution in [3.8, 4) is 0 Å². The summed E-state index contributed by atoms with van der Waals surface area (Å²) < 4.78 is 1.57. The molecule has 0 bridgehead atoms. The van der Waals surface area contributed by atoms with Crippen LogP contribution in [-0.2, 0) is 6.54 Å². The van der Waals surface area contributed by atoms with Crippen LogP contribution in [0.15, 0.2) is 35.3 Å². The fourth-order valence-corrected chi connectivity index (χ4v) is 2.07. The molecule has 94 valence electrons. The first-order chi connectivity index (χ1) is 8.47. The largest absolute Gasteiger partial charge is 0.397 e. The summed E-state index contributed by atoms with van der Waals surface area (Å²) in [6.45, 7) is 4.23. The predicted octanol–water partition coefficient (Wildman–Crippen LogP) is 2.75. The van der Waals surface area contributed by atoms with E-state index in [9.17, 15) is 4.79 Å². The van der Waals surface area contributed by atoms with Gasteiger partial charge < -0.3 is 10.3 Å². The van der Waals surface area contributed by atoms with Crippen molar-refractivity contribution in [3.05, 3.63) is 62.5 Å². The average molecular weight is 263 g/mol. The second-order valence-corrected chi connectivity index (χ2v) is 4.88. The number of anilines is 1. The lowest BCUT2D eigenvalue weighted by Crippen LogP contribution is -2.20. The van der Waals surface area contributed by atoms with Crippen LogP contribution >= 0.6 is 11.6 Å². The number of pyridine rings is 1. The molecule has 1 aromatic heterocycles. The summed E-state index contributed by atoms with van der Waals surface area (Å²) in [5.41, 5.74) is 9.15. The fourth-order valence-electron chi connectivity index (χ4n) is 1.77. The van der Waals surface area contributed by atoms with Gasteiger partial charge in [0.2, 0.25) is 0 Å². The minimum atomic E-state index is -0.0710. The number of nitrogen functional groups attached to an aromatic ring is 1. The molecule has 2 aromatic rings. The Morgan fingerprint density at radius 1 is 1.28 bits per heavy atom. The van der Waals surface area contributed by atoms with Crippen LogP contribution in [0.1, 0.15) is 16.7 Å². The van der Waals surface area contributed by atoms with Crippen molar-refractivity contribution >= 4 is 17.3 Å². The van der Waals surface area contributed by atoms with Crippen LogP contribution < -0.4 is 11.3 Å². The van der Waals surface area contributed by atoms with Crippen LogP contribution in [0.2, 0.25) is 5.02 Å². The second kappa shape index (κ2) is 4.86. The van der Waals surface area contributed by atoms with Gasteiger partial charge in [-0.2, -0.15) is 0 Å². The topological polar surface area (TPSA) is 48.0 Å². The molecule has 0 aliphatic heterocycles. The van der Waals surface area contributed by atoms with Gasteiger partial charge in [-0.05, 0) is 36.6 Å². The lowest BCUT2D eigenvalue weighted by atomic mass is 10.1. The fraction of sp³-hybridized carbons (Fsp3) is 0.214. The predicted molar refractivity (Wildman–Crippen MR) is 75.1 cm³/mol. The van der Waals surface area contributed by atoms with Gasteiger partial charge in [-0.3, -0.25) is 4.79 Å². The van der Waals surface area contributed by atoms with E-state index in [0.29, 0.717) is 17.3 Å². The van der Waals surface area contributed by atoms with Gasteiger partial charge in [-0.15, -0.1) is 0 Å². The zero-order valence-electron chi connectivity index (χ0n) is 10.4. The Kier molecular flexibility index (Phi) is 3.43. The number of rotatable bonds is 2. The molecule has 1 heterocycles. The van der Waals surface area contributed by atoms with Gasteiger partial charge >= 0.3 is 0 Å². The van der Waals surface area contributed by atoms with E-state index in [1.807, 2.05) is 32.0 Å². The van der Waals surface area contributed by atoms with Crippen molar-refractivity contribution in [3.63, 3.8) is 0 Å². The van der Waals surface area contributed by atoms with Crippen molar-refractivity contribution in [1.29, 1.82) is 0 Å². The Morgan fingerprint density at radius 2 is 2.00 bits per heavy atom. The lowest BCUT2D eigenvalue weighted by molar-refractivity contribution is 0.759. The van der Waals surface area contributed by atoms with Crippen LogP contribution in [0.5, 0.6) is 0 Å². The molecule has 0 radical (unpaired) electrons. The van der Waals surface area contributed by atoms with Gasteiger partial charge in [0.05, 0.1) is 12.2 Å². The summed E-state index contributed by atoms with van der Waals surface area (Å²) in [5.74, 6) is 0. The molecule has 2 N–H and O–H groups in total. The van der Waals surface area contributed by atoms with E-state index in [1.165, 1.54) is 6.07 Å². The molecule has 0 atom stereocenters. The first kappa shape index (κ1) is 12.7. The first-order valence-electron chi connectivity index (χ1n) is 5.69. The number of benzene rings is 1. The number of nitrogens with zero attached hydrogens (tertiary/aromatic N) is 1. The minimum absolute atomic E-state index is 0.0710. The van der Waals surface area contributed by atoms with Crippen LogP contribution in [-0.4, -0.2) is 4.57 Å². The summed E-state index contributed by atoms with van der Waals surface area (Å²) in [5, 5.41) is 0.668. The summed E-state index contributed by atoms with van der Waals surface area (Å²) in [6.07, 6.45) is 1.66. The number of nitrogens with two attached hydrogens (primary N) is 1. The summed E-state index contributed by atoms with van der Waals surface area (Å²) in [6, 6.07) is 7.33. The molecule has 0 unspecified atom stereocenters. The monoisotopic (exact) mass is 262 g/mol. The number of hydrogen-bond acceptors (Lipinski definition) is 2. The molecule has 0 aliphatic carbocycles. The molecule has 0 saturated carbocycles. The SMILES string of the molecule is Cc1ccc(Cn2cc(N)c(C)cc2=O)c(Cl)c1. The van der Waals surface area contributed by atoms with E-state index in [-0.39, 0.29) is 5.56 Å². The molecule has 0 saturated heterocycles. The molecule has 0 spiro atoms. The zero-order chi connectivity index (χ0) is 13.3. The van der Waals surface area contributed by atoms with E-state index >= 15 is 0 Å². The number of halogens is 1. The maximum absolute atomic E-state index is 11.8. The minimum Gasteiger partial charge on any atom is -0.397 e. The highest BCUT2D eigenvalue weighted by molar-refractivity contribution is 6.31. The van der Waals surface area contributed by atoms with Crippen molar-refractivity contribution < 1.29 is 0 Å². The van der Waals surface area contributed by atoms with Crippen LogP contribution in [0.4, 0.5) is 5.69 Å². The van der Waals surface area contributed by atoms with Gasteiger partial charge in [-0.25, -0.2) is 0 Å². The van der Waals surface area contributed by atoms with Crippen molar-refractivity contribution in [1.82, 2.24) is 4.57 Å². The molecule has 4 heteroatoms. The molecular formula is C14H15ClN2O. The highest BCUT2D eigenvalue weighted by atomic mass is 35.5. The number of aromatic nitrogens is 1. The van der Waals surface area contributed by atoms with E-state index in [1.54, 1.807) is 10.8 Å². The summed E-state index contributed by atoms with van der Waals surface area (Å²) in [7, 11) is 0. The molecule has 2 rings (SSSR count). The molecule has 0 amide bonds. The Hall–Kier alpha value is -1.74. The first-order valence-corrected chi connectivity index (χ1v) is 6.07. The maximum atomic E-state index is 11.8. The third-order valence-corrected chi connectivity index (χ3v) is 3.27. The highest BCUT2D eigenvalue weighted by Gasteiger charge is 2.05. The summed E-state index contributed by atoms with van der Waals surface area (Å²) in [4.78, 5) is 11.8. The van der Waals surface area contributed by atoms with E-state index < -0.39 is 0 Å². The summed E-state index contributed by atoms with van der Waals surface area (Å²) >= 11 is 6.16. The van der Waals surface area contributed by atoms with Gasteiger partial charge in [0, 0.05) is 17.3 Å². The van der Waals surface area contributed by atoms with Gasteiger partial charge in [-0.1, -0.05) is 23.7 Å². The molecule has 0 fully saturated rings. The van der Waals surface area contributed by atoms with Crippen molar-refractivity contribution in [2.75, 3.05) is 5.73 Å². The normalized spacial score (nSPS) is 10.6. The van der Waals surface area contributed by atoms with Gasteiger partial charge in [0.15, 0.2) is 0 Å². The van der Waals surface area contributed by atoms with E-state index in [2.05, 4.69) is 0 Å². The average Bonchev–Trinajstić information content (AvgIpc) is 2.29.